The summed E-state index contributed by atoms with van der Waals surface area (Å²) in [7, 11) is 13.8. The molecule has 0 atom stereocenters. The van der Waals surface area contributed by atoms with Gasteiger partial charge in [0, 0.05) is 25.7 Å². The van der Waals surface area contributed by atoms with Crippen molar-refractivity contribution in [2.75, 3.05) is 42.3 Å². The molecule has 0 fully saturated rings. The minimum atomic E-state index is -1.46. The molecular weight excluding hydrogens is 672 g/mol. The quantitative estimate of drug-likeness (QED) is 0.163. The largest absolute Gasteiger partial charge is 0.863 e. The molecule has 22 nitrogen and oxygen atoms in total. The standard InChI is InChI=1S/C16H32N2.2C6H3N3O7/c1-17(2,3)15-11-7-9-13-16(18(4,5)6)14-10-8-12-15;2*10-6-4(8(13)14)1-3(7(11)12)2-5(6)9(15)16/h7-10,15-16H,11-14H2,1-6H3;2*1-2,10H/q+2;;/p-2/b9-7-,10-8-;;. The van der Waals surface area contributed by atoms with Crippen LogP contribution in [0.15, 0.2) is 48.6 Å². The Bertz CT molecular complexity index is 1490. The predicted octanol–water partition coefficient (Wildman–Crippen LogP) is 3.79. The lowest BCUT2D eigenvalue weighted by Gasteiger charge is -2.35. The van der Waals surface area contributed by atoms with Crippen molar-refractivity contribution < 1.29 is 48.7 Å². The van der Waals surface area contributed by atoms with Crippen LogP contribution >= 0.6 is 0 Å². The third-order valence-corrected chi connectivity index (χ3v) is 7.43. The minimum Gasteiger partial charge on any atom is -0.863 e. The molecule has 0 aromatic heterocycles. The fourth-order valence-corrected chi connectivity index (χ4v) is 4.39. The van der Waals surface area contributed by atoms with Crippen molar-refractivity contribution in [1.82, 2.24) is 0 Å². The summed E-state index contributed by atoms with van der Waals surface area (Å²) in [5, 5.41) is 84.2. The molecular formula is C28H36N8O14. The van der Waals surface area contributed by atoms with Gasteiger partial charge in [0.1, 0.15) is 0 Å². The topological polar surface area (TPSA) is 305 Å². The molecule has 0 amide bonds. The first-order valence-electron chi connectivity index (χ1n) is 14.4. The first kappa shape index (κ1) is 41.9. The second-order valence-corrected chi connectivity index (χ2v) is 12.6. The van der Waals surface area contributed by atoms with Crippen LogP contribution < -0.4 is 10.2 Å². The number of nitro groups is 6. The molecule has 2 aromatic rings. The molecule has 0 N–H and O–H groups in total. The van der Waals surface area contributed by atoms with Gasteiger partial charge in [-0.05, 0) is 0 Å². The van der Waals surface area contributed by atoms with Crippen LogP contribution in [0.4, 0.5) is 34.1 Å². The molecule has 50 heavy (non-hydrogen) atoms. The third kappa shape index (κ3) is 12.1. The summed E-state index contributed by atoms with van der Waals surface area (Å²) in [6, 6.07) is 2.95. The Morgan fingerprint density at radius 2 is 0.640 bits per heavy atom. The van der Waals surface area contributed by atoms with Gasteiger partial charge in [0.25, 0.3) is 34.1 Å². The number of quaternary nitrogens is 2. The second kappa shape index (κ2) is 17.3. The van der Waals surface area contributed by atoms with E-state index in [-0.39, 0.29) is 0 Å². The molecule has 0 radical (unpaired) electrons. The third-order valence-electron chi connectivity index (χ3n) is 7.43. The minimum absolute atomic E-state index is 0.384. The van der Waals surface area contributed by atoms with Crippen LogP contribution in [0.2, 0.25) is 0 Å². The van der Waals surface area contributed by atoms with E-state index in [1.807, 2.05) is 0 Å². The maximum atomic E-state index is 11.1. The van der Waals surface area contributed by atoms with Crippen molar-refractivity contribution in [3.63, 3.8) is 0 Å². The highest BCUT2D eigenvalue weighted by molar-refractivity contribution is 5.64. The van der Waals surface area contributed by atoms with E-state index in [4.69, 9.17) is 0 Å². The second-order valence-electron chi connectivity index (χ2n) is 12.6. The van der Waals surface area contributed by atoms with E-state index in [1.54, 1.807) is 0 Å². The van der Waals surface area contributed by atoms with E-state index >= 15 is 0 Å². The van der Waals surface area contributed by atoms with Crippen molar-refractivity contribution in [1.29, 1.82) is 0 Å². The van der Waals surface area contributed by atoms with Crippen molar-refractivity contribution in [3.8, 4) is 11.5 Å². The fraction of sp³-hybridized carbons (Fsp3) is 0.429. The summed E-state index contributed by atoms with van der Waals surface area (Å²) < 4.78 is 2.10. The molecule has 3 rings (SSSR count). The number of benzene rings is 2. The lowest BCUT2D eigenvalue weighted by Crippen LogP contribution is -2.45. The highest BCUT2D eigenvalue weighted by Gasteiger charge is 2.26. The van der Waals surface area contributed by atoms with Gasteiger partial charge >= 0.3 is 0 Å². The van der Waals surface area contributed by atoms with Gasteiger partial charge in [-0.3, -0.25) is 60.7 Å². The summed E-state index contributed by atoms with van der Waals surface area (Å²) in [5.74, 6) is -2.92. The average Bonchev–Trinajstić information content (AvgIpc) is 2.98. The zero-order valence-electron chi connectivity index (χ0n) is 27.9. The summed E-state index contributed by atoms with van der Waals surface area (Å²) in [6.07, 6.45) is 14.4. The van der Waals surface area contributed by atoms with Crippen molar-refractivity contribution in [2.24, 2.45) is 0 Å². The van der Waals surface area contributed by atoms with E-state index < -0.39 is 75.2 Å². The molecule has 0 saturated carbocycles. The molecule has 0 bridgehead atoms. The van der Waals surface area contributed by atoms with Crippen molar-refractivity contribution in [2.45, 2.75) is 37.8 Å². The first-order chi connectivity index (χ1) is 22.9. The number of hydrogen-bond acceptors (Lipinski definition) is 14. The maximum Gasteiger partial charge on any atom is 0.283 e. The Morgan fingerprint density at radius 3 is 0.780 bits per heavy atom. The molecule has 1 aliphatic rings. The van der Waals surface area contributed by atoms with Gasteiger partial charge in [-0.15, -0.1) is 0 Å². The number of rotatable bonds is 8. The smallest absolute Gasteiger partial charge is 0.283 e. The lowest BCUT2D eigenvalue weighted by atomic mass is 10.0. The maximum absolute atomic E-state index is 11.1. The van der Waals surface area contributed by atoms with E-state index in [2.05, 4.69) is 66.6 Å². The zero-order chi connectivity index (χ0) is 38.7. The van der Waals surface area contributed by atoms with E-state index in [0.717, 1.165) is 8.97 Å². The van der Waals surface area contributed by atoms with Crippen LogP contribution in [0.5, 0.6) is 11.5 Å². The number of nitrogens with zero attached hydrogens (tertiary/aromatic N) is 8. The van der Waals surface area contributed by atoms with Crippen LogP contribution in [-0.4, -0.2) is 92.9 Å². The van der Waals surface area contributed by atoms with Gasteiger partial charge in [0.2, 0.25) is 0 Å². The molecule has 2 aromatic carbocycles. The van der Waals surface area contributed by atoms with E-state index in [0.29, 0.717) is 36.3 Å². The van der Waals surface area contributed by atoms with Crippen LogP contribution in [0, 0.1) is 60.7 Å². The van der Waals surface area contributed by atoms with Gasteiger partial charge in [-0.25, -0.2) is 0 Å². The van der Waals surface area contributed by atoms with Gasteiger partial charge in [0.15, 0.2) is 0 Å². The van der Waals surface area contributed by atoms with Crippen LogP contribution in [-0.2, 0) is 0 Å². The van der Waals surface area contributed by atoms with Gasteiger partial charge in [0.05, 0.1) is 120 Å². The first-order valence-corrected chi connectivity index (χ1v) is 14.4. The summed E-state index contributed by atoms with van der Waals surface area (Å²) in [6.45, 7) is 0. The molecule has 0 spiro atoms. The van der Waals surface area contributed by atoms with Crippen LogP contribution in [0.1, 0.15) is 25.7 Å². The summed E-state index contributed by atoms with van der Waals surface area (Å²) in [5.41, 5.74) is -6.53. The van der Waals surface area contributed by atoms with E-state index in [1.165, 1.54) is 25.7 Å². The molecule has 0 aliphatic heterocycles. The average molecular weight is 709 g/mol. The highest BCUT2D eigenvalue weighted by Crippen LogP contribution is 2.38. The lowest BCUT2D eigenvalue weighted by molar-refractivity contribution is -0.896. The van der Waals surface area contributed by atoms with Gasteiger partial charge in [-0.2, -0.15) is 0 Å². The van der Waals surface area contributed by atoms with Crippen molar-refractivity contribution >= 4 is 34.1 Å². The fourth-order valence-electron chi connectivity index (χ4n) is 4.39. The zero-order valence-corrected chi connectivity index (χ0v) is 27.9. The van der Waals surface area contributed by atoms with Gasteiger partial charge in [-0.1, -0.05) is 24.3 Å². The molecule has 22 heteroatoms. The van der Waals surface area contributed by atoms with E-state index in [9.17, 15) is 70.9 Å². The van der Waals surface area contributed by atoms with Crippen LogP contribution in [0.3, 0.4) is 0 Å². The Kier molecular flexibility index (Phi) is 14.5. The Labute approximate surface area is 283 Å². The Hall–Kier alpha value is -6.16. The monoisotopic (exact) mass is 708 g/mol. The summed E-state index contributed by atoms with van der Waals surface area (Å²) >= 11 is 0. The van der Waals surface area contributed by atoms with Gasteiger partial charge < -0.3 is 19.2 Å². The molecule has 272 valence electrons. The molecule has 1 aliphatic carbocycles. The predicted molar refractivity (Wildman–Crippen MR) is 172 cm³/mol. The summed E-state index contributed by atoms with van der Waals surface area (Å²) in [4.78, 5) is 55.0. The molecule has 0 unspecified atom stereocenters. The highest BCUT2D eigenvalue weighted by atomic mass is 16.7. The SMILES string of the molecule is C[N+](C)(C)C1C/C=C\CC([N+](C)(C)C)C/C=C\C1.O=[N+]([O-])c1cc([N+](=O)[O-])c([O-])c([N+](=O)[O-])c1.O=[N+]([O-])c1cc([N+](=O)[O-])c([O-])c([N+](=O)[O-])c1. The van der Waals surface area contributed by atoms with Crippen LogP contribution in [0.25, 0.3) is 0 Å². The van der Waals surface area contributed by atoms with Crippen molar-refractivity contribution in [3.05, 3.63) is 109 Å². The number of hydrogen-bond donors (Lipinski definition) is 0. The number of non-ortho nitro benzene ring substituents is 2. The Morgan fingerprint density at radius 1 is 0.440 bits per heavy atom. The normalized spacial score (nSPS) is 17.3. The Balaban J connectivity index is 0.000000376. The molecule has 0 saturated heterocycles. The molecule has 0 heterocycles. The number of nitro benzene ring substituents is 6.